The average molecular weight is 257 g/mol. The summed E-state index contributed by atoms with van der Waals surface area (Å²) in [5.41, 5.74) is 1.93. The van der Waals surface area contributed by atoms with Crippen LogP contribution in [0.4, 0.5) is 0 Å². The summed E-state index contributed by atoms with van der Waals surface area (Å²) in [6.45, 7) is 6.56. The Kier molecular flexibility index (Phi) is 5.38. The van der Waals surface area contributed by atoms with Gasteiger partial charge < -0.3 is 5.32 Å². The Morgan fingerprint density at radius 1 is 1.42 bits per heavy atom. The Balaban J connectivity index is 1.70. The van der Waals surface area contributed by atoms with Gasteiger partial charge in [-0.25, -0.2) is 0 Å². The van der Waals surface area contributed by atoms with Crippen LogP contribution < -0.4 is 5.32 Å². The number of nitriles is 1. The van der Waals surface area contributed by atoms with Crippen LogP contribution in [0.3, 0.4) is 0 Å². The molecule has 1 aliphatic heterocycles. The number of hydrogen-bond donors (Lipinski definition) is 1. The molecule has 0 amide bonds. The second-order valence-electron chi connectivity index (χ2n) is 5.37. The zero-order chi connectivity index (χ0) is 13.5. The molecule has 1 N–H and O–H groups in total. The number of rotatable bonds is 5. The lowest BCUT2D eigenvalue weighted by molar-refractivity contribution is 0.161. The lowest BCUT2D eigenvalue weighted by Gasteiger charge is -2.33. The maximum Gasteiger partial charge on any atom is 0.0991 e. The van der Waals surface area contributed by atoms with Gasteiger partial charge in [0.05, 0.1) is 11.6 Å². The highest BCUT2D eigenvalue weighted by Crippen LogP contribution is 2.15. The summed E-state index contributed by atoms with van der Waals surface area (Å²) in [6.07, 6.45) is 4.06. The molecule has 2 rings (SSSR count). The van der Waals surface area contributed by atoms with Gasteiger partial charge in [-0.15, -0.1) is 0 Å². The molecule has 1 aliphatic rings. The smallest absolute Gasteiger partial charge is 0.0991 e. The van der Waals surface area contributed by atoms with Gasteiger partial charge in [0.2, 0.25) is 0 Å². The van der Waals surface area contributed by atoms with Crippen LogP contribution in [0.5, 0.6) is 0 Å². The van der Waals surface area contributed by atoms with E-state index in [1.54, 1.807) is 0 Å². The predicted octanol–water partition coefficient (Wildman–Crippen LogP) is 2.52. The number of benzene rings is 1. The van der Waals surface area contributed by atoms with Crippen LogP contribution >= 0.6 is 0 Å². The minimum atomic E-state index is 0.734. The van der Waals surface area contributed by atoms with Gasteiger partial charge in [0.15, 0.2) is 0 Å². The molecule has 19 heavy (non-hydrogen) atoms. The molecule has 1 atom stereocenters. The normalized spacial score (nSPS) is 20.1. The summed E-state index contributed by atoms with van der Waals surface area (Å²) < 4.78 is 0. The van der Waals surface area contributed by atoms with Crippen molar-refractivity contribution in [3.05, 3.63) is 35.4 Å². The molecule has 0 aromatic heterocycles. The van der Waals surface area contributed by atoms with E-state index in [0.717, 1.165) is 31.2 Å². The minimum Gasteiger partial charge on any atom is -0.311 e. The van der Waals surface area contributed by atoms with Crippen LogP contribution in [-0.4, -0.2) is 30.6 Å². The molecule has 0 radical (unpaired) electrons. The van der Waals surface area contributed by atoms with E-state index in [9.17, 15) is 0 Å². The Bertz CT molecular complexity index is 436. The zero-order valence-electron chi connectivity index (χ0n) is 11.7. The first kappa shape index (κ1) is 14.0. The third-order valence-electron chi connectivity index (χ3n) is 3.90. The van der Waals surface area contributed by atoms with E-state index in [2.05, 4.69) is 29.3 Å². The van der Waals surface area contributed by atoms with Gasteiger partial charge in [-0.3, -0.25) is 4.90 Å². The standard InChI is InChI=1S/C16H23N3/c1-14-5-2-3-9-19(14)10-8-18-13-16-7-4-6-15(11-16)12-17/h4,6-7,11,14,18H,2-3,5,8-10,13H2,1H3. The van der Waals surface area contributed by atoms with E-state index < -0.39 is 0 Å². The van der Waals surface area contributed by atoms with Crippen LogP contribution in [0.25, 0.3) is 0 Å². The first-order chi connectivity index (χ1) is 9.29. The van der Waals surface area contributed by atoms with Crippen LogP contribution in [0.1, 0.15) is 37.3 Å². The maximum absolute atomic E-state index is 8.86. The van der Waals surface area contributed by atoms with Crippen molar-refractivity contribution < 1.29 is 0 Å². The molecule has 3 nitrogen and oxygen atoms in total. The first-order valence-corrected chi connectivity index (χ1v) is 7.23. The molecule has 0 aliphatic carbocycles. The summed E-state index contributed by atoms with van der Waals surface area (Å²) in [4.78, 5) is 2.57. The summed E-state index contributed by atoms with van der Waals surface area (Å²) >= 11 is 0. The lowest BCUT2D eigenvalue weighted by atomic mass is 10.0. The molecule has 0 bridgehead atoms. The van der Waals surface area contributed by atoms with Gasteiger partial charge in [0.1, 0.15) is 0 Å². The summed E-state index contributed by atoms with van der Waals surface area (Å²) in [5, 5.41) is 12.3. The van der Waals surface area contributed by atoms with Crippen LogP contribution in [0.15, 0.2) is 24.3 Å². The lowest BCUT2D eigenvalue weighted by Crippen LogP contribution is -2.41. The number of piperidine rings is 1. The quantitative estimate of drug-likeness (QED) is 0.824. The molecular formula is C16H23N3. The van der Waals surface area contributed by atoms with Crippen molar-refractivity contribution in [2.24, 2.45) is 0 Å². The highest BCUT2D eigenvalue weighted by molar-refractivity contribution is 5.32. The van der Waals surface area contributed by atoms with E-state index in [1.165, 1.54) is 31.4 Å². The fraction of sp³-hybridized carbons (Fsp3) is 0.562. The molecule has 1 heterocycles. The van der Waals surface area contributed by atoms with E-state index >= 15 is 0 Å². The molecule has 1 saturated heterocycles. The second-order valence-corrected chi connectivity index (χ2v) is 5.37. The number of hydrogen-bond acceptors (Lipinski definition) is 3. The van der Waals surface area contributed by atoms with Gasteiger partial charge >= 0.3 is 0 Å². The van der Waals surface area contributed by atoms with E-state index in [1.807, 2.05) is 18.2 Å². The number of nitrogens with zero attached hydrogens (tertiary/aromatic N) is 2. The maximum atomic E-state index is 8.86. The predicted molar refractivity (Wildman–Crippen MR) is 77.7 cm³/mol. The van der Waals surface area contributed by atoms with Crippen molar-refractivity contribution in [3.63, 3.8) is 0 Å². The van der Waals surface area contributed by atoms with Crippen molar-refractivity contribution >= 4 is 0 Å². The SMILES string of the molecule is CC1CCCCN1CCNCc1cccc(C#N)c1. The Hall–Kier alpha value is -1.37. The van der Waals surface area contributed by atoms with Crippen molar-refractivity contribution in [2.45, 2.75) is 38.8 Å². The van der Waals surface area contributed by atoms with Crippen molar-refractivity contribution in [3.8, 4) is 6.07 Å². The van der Waals surface area contributed by atoms with Gasteiger partial charge in [0, 0.05) is 25.7 Å². The van der Waals surface area contributed by atoms with E-state index in [0.29, 0.717) is 0 Å². The first-order valence-electron chi connectivity index (χ1n) is 7.23. The molecule has 1 aromatic carbocycles. The van der Waals surface area contributed by atoms with Gasteiger partial charge in [-0.2, -0.15) is 5.26 Å². The summed E-state index contributed by atoms with van der Waals surface area (Å²) in [5.74, 6) is 0. The fourth-order valence-electron chi connectivity index (χ4n) is 2.70. The van der Waals surface area contributed by atoms with E-state index in [-0.39, 0.29) is 0 Å². The highest BCUT2D eigenvalue weighted by atomic mass is 15.2. The van der Waals surface area contributed by atoms with Crippen LogP contribution in [0, 0.1) is 11.3 Å². The molecule has 3 heteroatoms. The monoisotopic (exact) mass is 257 g/mol. The third-order valence-corrected chi connectivity index (χ3v) is 3.90. The Morgan fingerprint density at radius 2 is 2.32 bits per heavy atom. The van der Waals surface area contributed by atoms with Crippen molar-refractivity contribution in [1.29, 1.82) is 5.26 Å². The molecule has 1 unspecified atom stereocenters. The summed E-state index contributed by atoms with van der Waals surface area (Å²) in [6, 6.07) is 10.7. The Labute approximate surface area is 116 Å². The second kappa shape index (κ2) is 7.28. The van der Waals surface area contributed by atoms with Gasteiger partial charge in [0.25, 0.3) is 0 Å². The van der Waals surface area contributed by atoms with Crippen LogP contribution in [-0.2, 0) is 6.54 Å². The van der Waals surface area contributed by atoms with Gasteiger partial charge in [-0.05, 0) is 44.0 Å². The zero-order valence-corrected chi connectivity index (χ0v) is 11.7. The minimum absolute atomic E-state index is 0.734. The fourth-order valence-corrected chi connectivity index (χ4v) is 2.70. The topological polar surface area (TPSA) is 39.1 Å². The molecule has 1 aromatic rings. The molecule has 0 spiro atoms. The molecule has 0 saturated carbocycles. The molecular weight excluding hydrogens is 234 g/mol. The largest absolute Gasteiger partial charge is 0.311 e. The molecule has 102 valence electrons. The van der Waals surface area contributed by atoms with Crippen LogP contribution in [0.2, 0.25) is 0 Å². The highest BCUT2D eigenvalue weighted by Gasteiger charge is 2.16. The number of nitrogens with one attached hydrogen (secondary N) is 1. The average Bonchev–Trinajstić information content (AvgIpc) is 2.45. The Morgan fingerprint density at radius 3 is 3.11 bits per heavy atom. The third kappa shape index (κ3) is 4.34. The number of likely N-dealkylation sites (tertiary alicyclic amines) is 1. The summed E-state index contributed by atoms with van der Waals surface area (Å²) in [7, 11) is 0. The van der Waals surface area contributed by atoms with Gasteiger partial charge in [-0.1, -0.05) is 18.6 Å². The van der Waals surface area contributed by atoms with E-state index in [4.69, 9.17) is 5.26 Å². The van der Waals surface area contributed by atoms with Crippen molar-refractivity contribution in [1.82, 2.24) is 10.2 Å². The van der Waals surface area contributed by atoms with Crippen molar-refractivity contribution in [2.75, 3.05) is 19.6 Å². The molecule has 1 fully saturated rings.